The summed E-state index contributed by atoms with van der Waals surface area (Å²) in [5, 5.41) is 0. The molecule has 1 unspecified atom stereocenters. The van der Waals surface area contributed by atoms with Crippen molar-refractivity contribution in [3.63, 3.8) is 0 Å². The van der Waals surface area contributed by atoms with Crippen LogP contribution in [-0.2, 0) is 11.2 Å². The third-order valence-electron chi connectivity index (χ3n) is 4.77. The van der Waals surface area contributed by atoms with Gasteiger partial charge in [0.25, 0.3) is 0 Å². The fraction of sp³-hybridized carbons (Fsp3) is 0.579. The van der Waals surface area contributed by atoms with Crippen LogP contribution >= 0.6 is 0 Å². The van der Waals surface area contributed by atoms with Crippen LogP contribution in [0.1, 0.15) is 26.3 Å². The second kappa shape index (κ2) is 8.83. The van der Waals surface area contributed by atoms with Crippen LogP contribution in [0.2, 0.25) is 0 Å². The lowest BCUT2D eigenvalue weighted by atomic mass is 9.99. The summed E-state index contributed by atoms with van der Waals surface area (Å²) in [5.74, 6) is -0.327. The highest BCUT2D eigenvalue weighted by Gasteiger charge is 2.28. The number of carbonyl (C=O) groups excluding carboxylic acids is 2. The zero-order valence-electron chi connectivity index (χ0n) is 15.4. The van der Waals surface area contributed by atoms with Gasteiger partial charge in [0.1, 0.15) is 5.82 Å². The Balaban J connectivity index is 1.86. The molecule has 0 aromatic heterocycles. The highest BCUT2D eigenvalue weighted by atomic mass is 19.1. The molecule has 0 N–H and O–H groups in total. The number of carbonyl (C=O) groups is 2. The topological polar surface area (TPSA) is 43.9 Å². The van der Waals surface area contributed by atoms with E-state index in [1.807, 2.05) is 30.6 Å². The van der Waals surface area contributed by atoms with E-state index in [4.69, 9.17) is 0 Å². The van der Waals surface area contributed by atoms with E-state index in [0.29, 0.717) is 45.7 Å². The average molecular weight is 349 g/mol. The van der Waals surface area contributed by atoms with Crippen molar-refractivity contribution in [2.24, 2.45) is 5.92 Å². The van der Waals surface area contributed by atoms with E-state index in [9.17, 15) is 14.0 Å². The van der Waals surface area contributed by atoms with E-state index in [-0.39, 0.29) is 23.7 Å². The second-order valence-electron chi connectivity index (χ2n) is 6.50. The first-order valence-electron chi connectivity index (χ1n) is 9.03. The van der Waals surface area contributed by atoms with Crippen LogP contribution in [0.15, 0.2) is 24.3 Å². The molecule has 0 aliphatic carbocycles. The van der Waals surface area contributed by atoms with Crippen LogP contribution in [0, 0.1) is 11.7 Å². The third-order valence-corrected chi connectivity index (χ3v) is 4.77. The molecule has 6 heteroatoms. The number of hydrogen-bond acceptors (Lipinski definition) is 2. The molecule has 1 aliphatic rings. The summed E-state index contributed by atoms with van der Waals surface area (Å²) in [7, 11) is 0. The van der Waals surface area contributed by atoms with Crippen LogP contribution in [-0.4, -0.2) is 65.9 Å². The maximum Gasteiger partial charge on any atom is 0.320 e. The number of piperazine rings is 1. The maximum atomic E-state index is 13.0. The lowest BCUT2D eigenvalue weighted by molar-refractivity contribution is -0.136. The SMILES string of the molecule is CCN(CC)C(=O)N1CCN(C(=O)C(C)Cc2ccc(F)cc2)CC1. The minimum Gasteiger partial charge on any atom is -0.339 e. The van der Waals surface area contributed by atoms with Gasteiger partial charge in [0, 0.05) is 45.2 Å². The molecule has 1 heterocycles. The summed E-state index contributed by atoms with van der Waals surface area (Å²) in [5.41, 5.74) is 0.956. The minimum absolute atomic E-state index is 0.0523. The van der Waals surface area contributed by atoms with Gasteiger partial charge in [0.05, 0.1) is 0 Å². The molecule has 0 saturated carbocycles. The molecule has 0 spiro atoms. The Labute approximate surface area is 149 Å². The van der Waals surface area contributed by atoms with Crippen molar-refractivity contribution >= 4 is 11.9 Å². The standard InChI is InChI=1S/C19H28FN3O2/c1-4-21(5-2)19(25)23-12-10-22(11-13-23)18(24)15(3)14-16-6-8-17(20)9-7-16/h6-9,15H,4-5,10-14H2,1-3H3. The molecule has 1 aromatic rings. The third kappa shape index (κ3) is 4.94. The van der Waals surface area contributed by atoms with Gasteiger partial charge in [-0.1, -0.05) is 19.1 Å². The van der Waals surface area contributed by atoms with Crippen molar-refractivity contribution < 1.29 is 14.0 Å². The van der Waals surface area contributed by atoms with E-state index in [0.717, 1.165) is 5.56 Å². The molecule has 0 bridgehead atoms. The molecule has 1 atom stereocenters. The molecule has 5 nitrogen and oxygen atoms in total. The molecule has 2 rings (SSSR count). The van der Waals surface area contributed by atoms with E-state index in [2.05, 4.69) is 0 Å². The molecule has 1 saturated heterocycles. The van der Waals surface area contributed by atoms with Crippen molar-refractivity contribution in [2.45, 2.75) is 27.2 Å². The maximum absolute atomic E-state index is 13.0. The van der Waals surface area contributed by atoms with Gasteiger partial charge in [-0.25, -0.2) is 9.18 Å². The quantitative estimate of drug-likeness (QED) is 0.820. The average Bonchev–Trinajstić information content (AvgIpc) is 2.64. The predicted molar refractivity (Wildman–Crippen MR) is 95.7 cm³/mol. The van der Waals surface area contributed by atoms with Gasteiger partial charge < -0.3 is 14.7 Å². The molecule has 0 radical (unpaired) electrons. The zero-order valence-corrected chi connectivity index (χ0v) is 15.4. The van der Waals surface area contributed by atoms with Gasteiger partial charge in [0.15, 0.2) is 0 Å². The van der Waals surface area contributed by atoms with E-state index in [1.54, 1.807) is 17.0 Å². The fourth-order valence-corrected chi connectivity index (χ4v) is 3.19. The van der Waals surface area contributed by atoms with Gasteiger partial charge in [-0.05, 0) is 38.0 Å². The summed E-state index contributed by atoms with van der Waals surface area (Å²) in [6.07, 6.45) is 0.595. The Bertz CT molecular complexity index is 579. The highest BCUT2D eigenvalue weighted by Crippen LogP contribution is 2.14. The van der Waals surface area contributed by atoms with Gasteiger partial charge >= 0.3 is 6.03 Å². The van der Waals surface area contributed by atoms with E-state index in [1.165, 1.54) is 12.1 Å². The lowest BCUT2D eigenvalue weighted by Crippen LogP contribution is -2.54. The normalized spacial score (nSPS) is 15.8. The number of benzene rings is 1. The van der Waals surface area contributed by atoms with Crippen molar-refractivity contribution in [1.82, 2.24) is 14.7 Å². The second-order valence-corrected chi connectivity index (χ2v) is 6.50. The Morgan fingerprint density at radius 1 is 1.04 bits per heavy atom. The monoisotopic (exact) mass is 349 g/mol. The first-order chi connectivity index (χ1) is 12.0. The summed E-state index contributed by atoms with van der Waals surface area (Å²) in [6.45, 7) is 9.52. The number of halogens is 1. The van der Waals surface area contributed by atoms with Crippen molar-refractivity contribution in [2.75, 3.05) is 39.3 Å². The molecule has 25 heavy (non-hydrogen) atoms. The lowest BCUT2D eigenvalue weighted by Gasteiger charge is -2.38. The largest absolute Gasteiger partial charge is 0.339 e. The predicted octanol–water partition coefficient (Wildman–Crippen LogP) is 2.61. The van der Waals surface area contributed by atoms with Gasteiger partial charge in [-0.2, -0.15) is 0 Å². The Kier molecular flexibility index (Phi) is 6.79. The summed E-state index contributed by atoms with van der Waals surface area (Å²) < 4.78 is 13.0. The molecule has 3 amide bonds. The summed E-state index contributed by atoms with van der Waals surface area (Å²) >= 11 is 0. The molecule has 138 valence electrons. The fourth-order valence-electron chi connectivity index (χ4n) is 3.19. The number of rotatable bonds is 5. The number of nitrogens with zero attached hydrogens (tertiary/aromatic N) is 3. The Morgan fingerprint density at radius 3 is 2.08 bits per heavy atom. The van der Waals surface area contributed by atoms with Crippen LogP contribution in [0.25, 0.3) is 0 Å². The zero-order chi connectivity index (χ0) is 18.4. The molecule has 1 fully saturated rings. The van der Waals surface area contributed by atoms with Crippen molar-refractivity contribution in [3.8, 4) is 0 Å². The van der Waals surface area contributed by atoms with Gasteiger partial charge in [-0.15, -0.1) is 0 Å². The van der Waals surface area contributed by atoms with E-state index < -0.39 is 0 Å². The van der Waals surface area contributed by atoms with Gasteiger partial charge in [0.2, 0.25) is 5.91 Å². The first kappa shape index (κ1) is 19.2. The Morgan fingerprint density at radius 2 is 1.56 bits per heavy atom. The molecular weight excluding hydrogens is 321 g/mol. The van der Waals surface area contributed by atoms with Crippen LogP contribution in [0.4, 0.5) is 9.18 Å². The van der Waals surface area contributed by atoms with Gasteiger partial charge in [-0.3, -0.25) is 4.79 Å². The van der Waals surface area contributed by atoms with Crippen molar-refractivity contribution in [1.29, 1.82) is 0 Å². The number of urea groups is 1. The molecule has 1 aromatic carbocycles. The Hall–Kier alpha value is -2.11. The van der Waals surface area contributed by atoms with Crippen LogP contribution in [0.3, 0.4) is 0 Å². The first-order valence-corrected chi connectivity index (χ1v) is 9.03. The molecule has 1 aliphatic heterocycles. The van der Waals surface area contributed by atoms with Crippen molar-refractivity contribution in [3.05, 3.63) is 35.6 Å². The summed E-state index contributed by atoms with van der Waals surface area (Å²) in [4.78, 5) is 30.4. The molecular formula is C19H28FN3O2. The van der Waals surface area contributed by atoms with Crippen LogP contribution in [0.5, 0.6) is 0 Å². The highest BCUT2D eigenvalue weighted by molar-refractivity contribution is 5.79. The van der Waals surface area contributed by atoms with Crippen LogP contribution < -0.4 is 0 Å². The smallest absolute Gasteiger partial charge is 0.320 e. The minimum atomic E-state index is -0.267. The summed E-state index contributed by atoms with van der Waals surface area (Å²) in [6, 6.07) is 6.34. The number of amides is 3. The number of hydrogen-bond donors (Lipinski definition) is 0. The van der Waals surface area contributed by atoms with E-state index >= 15 is 0 Å².